The molecule has 2 rings (SSSR count). The number of rotatable bonds is 5. The molecule has 2 aliphatic rings. The van der Waals surface area contributed by atoms with Gasteiger partial charge in [0.1, 0.15) is 0 Å². The van der Waals surface area contributed by atoms with E-state index in [-0.39, 0.29) is 0 Å². The van der Waals surface area contributed by atoms with Crippen LogP contribution in [0.2, 0.25) is 0 Å². The van der Waals surface area contributed by atoms with E-state index in [4.69, 9.17) is 0 Å². The van der Waals surface area contributed by atoms with Gasteiger partial charge in [-0.3, -0.25) is 0 Å². The van der Waals surface area contributed by atoms with Crippen molar-refractivity contribution in [2.24, 2.45) is 17.3 Å². The first-order valence-corrected chi connectivity index (χ1v) is 8.86. The third kappa shape index (κ3) is 5.10. The zero-order chi connectivity index (χ0) is 14.3. The quantitative estimate of drug-likeness (QED) is 0.649. The van der Waals surface area contributed by atoms with Crippen LogP contribution in [0, 0.1) is 17.3 Å². The van der Waals surface area contributed by atoms with Crippen molar-refractivity contribution in [3.63, 3.8) is 0 Å². The Bertz CT molecular complexity index is 218. The number of nitrogens with zero attached hydrogens (tertiary/aromatic N) is 1. The first kappa shape index (κ1) is 17.0. The van der Waals surface area contributed by atoms with Crippen LogP contribution in [0.1, 0.15) is 79.6 Å². The molecular formula is C18H37N. The van der Waals surface area contributed by atoms with Crippen LogP contribution in [-0.2, 0) is 0 Å². The van der Waals surface area contributed by atoms with Crippen molar-refractivity contribution in [3.8, 4) is 0 Å². The molecule has 1 heterocycles. The van der Waals surface area contributed by atoms with Crippen LogP contribution in [0.5, 0.6) is 0 Å². The van der Waals surface area contributed by atoms with E-state index in [9.17, 15) is 0 Å². The number of piperidine rings is 1. The van der Waals surface area contributed by atoms with Crippen LogP contribution in [0.4, 0.5) is 0 Å². The minimum Gasteiger partial charge on any atom is -0.303 e. The Morgan fingerprint density at radius 2 is 1.68 bits per heavy atom. The molecule has 0 N–H and O–H groups in total. The van der Waals surface area contributed by atoms with Gasteiger partial charge >= 0.3 is 0 Å². The van der Waals surface area contributed by atoms with Crippen LogP contribution in [0.3, 0.4) is 0 Å². The predicted molar refractivity (Wildman–Crippen MR) is 86.5 cm³/mol. The molecule has 0 aromatic heterocycles. The summed E-state index contributed by atoms with van der Waals surface area (Å²) in [5.74, 6) is 1.98. The molecule has 2 fully saturated rings. The maximum Gasteiger partial charge on any atom is -0.00134 e. The van der Waals surface area contributed by atoms with E-state index >= 15 is 0 Å². The van der Waals surface area contributed by atoms with Gasteiger partial charge < -0.3 is 4.90 Å². The summed E-state index contributed by atoms with van der Waals surface area (Å²) in [7, 11) is 0. The summed E-state index contributed by atoms with van der Waals surface area (Å²) in [4.78, 5) is 2.67. The Morgan fingerprint density at radius 1 is 1.11 bits per heavy atom. The van der Waals surface area contributed by atoms with Gasteiger partial charge in [-0.05, 0) is 69.0 Å². The molecule has 0 amide bonds. The van der Waals surface area contributed by atoms with Crippen molar-refractivity contribution in [1.82, 2.24) is 4.90 Å². The van der Waals surface area contributed by atoms with Gasteiger partial charge in [0.25, 0.3) is 0 Å². The molecule has 1 heteroatoms. The van der Waals surface area contributed by atoms with Gasteiger partial charge in [-0.1, -0.05) is 47.5 Å². The lowest BCUT2D eigenvalue weighted by Crippen LogP contribution is -2.47. The van der Waals surface area contributed by atoms with E-state index in [1.807, 2.05) is 13.8 Å². The Kier molecular flexibility index (Phi) is 7.42. The maximum absolute atomic E-state index is 2.67. The Balaban J connectivity index is 0.000000861. The van der Waals surface area contributed by atoms with E-state index in [1.54, 1.807) is 12.8 Å². The molecule has 0 unspecified atom stereocenters. The van der Waals surface area contributed by atoms with Crippen LogP contribution >= 0.6 is 0 Å². The van der Waals surface area contributed by atoms with Crippen molar-refractivity contribution in [3.05, 3.63) is 0 Å². The van der Waals surface area contributed by atoms with Crippen LogP contribution in [0.25, 0.3) is 0 Å². The molecule has 0 aromatic rings. The summed E-state index contributed by atoms with van der Waals surface area (Å²) in [6.07, 6.45) is 10.4. The number of likely N-dealkylation sites (tertiary alicyclic amines) is 1. The van der Waals surface area contributed by atoms with Crippen LogP contribution in [0.15, 0.2) is 0 Å². The molecule has 1 aliphatic heterocycles. The monoisotopic (exact) mass is 267 g/mol. The molecule has 0 aromatic carbocycles. The molecule has 1 spiro atoms. The normalized spacial score (nSPS) is 23.1. The summed E-state index contributed by atoms with van der Waals surface area (Å²) >= 11 is 0. The summed E-state index contributed by atoms with van der Waals surface area (Å²) < 4.78 is 0. The van der Waals surface area contributed by atoms with Crippen LogP contribution < -0.4 is 0 Å². The van der Waals surface area contributed by atoms with E-state index in [0.717, 1.165) is 17.3 Å². The number of hydrogen-bond donors (Lipinski definition) is 0. The average molecular weight is 268 g/mol. The standard InChI is InChI=1S/C16H31N.C2H6/c1-4-9-17-10-7-16(8-11-17)12-15(13-16)6-5-14(2)3;1-2/h14-15H,4-13H2,1-3H3;1-2H3. The first-order valence-electron chi connectivity index (χ1n) is 8.86. The maximum atomic E-state index is 2.67. The minimum atomic E-state index is 0.798. The number of hydrogen-bond acceptors (Lipinski definition) is 1. The molecule has 1 nitrogen and oxygen atoms in total. The second kappa shape index (κ2) is 8.29. The summed E-state index contributed by atoms with van der Waals surface area (Å²) in [5.41, 5.74) is 0.798. The highest BCUT2D eigenvalue weighted by molar-refractivity contribution is 4.96. The van der Waals surface area contributed by atoms with Crippen molar-refractivity contribution in [2.45, 2.75) is 79.6 Å². The van der Waals surface area contributed by atoms with Gasteiger partial charge in [0.2, 0.25) is 0 Å². The molecule has 19 heavy (non-hydrogen) atoms. The SMILES string of the molecule is CC.CCCN1CCC2(CC1)CC(CCC(C)C)C2. The highest BCUT2D eigenvalue weighted by Crippen LogP contribution is 2.54. The topological polar surface area (TPSA) is 3.24 Å². The first-order chi connectivity index (χ1) is 9.13. The summed E-state index contributed by atoms with van der Waals surface area (Å²) in [5, 5.41) is 0. The lowest BCUT2D eigenvalue weighted by Gasteiger charge is -2.52. The van der Waals surface area contributed by atoms with Crippen LogP contribution in [-0.4, -0.2) is 24.5 Å². The fourth-order valence-electron chi connectivity index (χ4n) is 3.91. The van der Waals surface area contributed by atoms with E-state index < -0.39 is 0 Å². The highest BCUT2D eigenvalue weighted by atomic mass is 15.1. The average Bonchev–Trinajstić information content (AvgIpc) is 2.38. The second-order valence-corrected chi connectivity index (χ2v) is 7.09. The van der Waals surface area contributed by atoms with E-state index in [1.165, 1.54) is 51.7 Å². The lowest BCUT2D eigenvalue weighted by molar-refractivity contribution is -0.0176. The second-order valence-electron chi connectivity index (χ2n) is 7.09. The van der Waals surface area contributed by atoms with Crippen molar-refractivity contribution < 1.29 is 0 Å². The molecule has 1 saturated carbocycles. The zero-order valence-electron chi connectivity index (χ0n) is 14.2. The molecular weight excluding hydrogens is 230 g/mol. The van der Waals surface area contributed by atoms with E-state index in [0.29, 0.717) is 0 Å². The summed E-state index contributed by atoms with van der Waals surface area (Å²) in [6, 6.07) is 0. The molecule has 1 saturated heterocycles. The van der Waals surface area contributed by atoms with Crippen molar-refractivity contribution in [1.29, 1.82) is 0 Å². The molecule has 0 atom stereocenters. The lowest BCUT2D eigenvalue weighted by atomic mass is 9.56. The van der Waals surface area contributed by atoms with Gasteiger partial charge in [0.15, 0.2) is 0 Å². The molecule has 1 aliphatic carbocycles. The zero-order valence-corrected chi connectivity index (χ0v) is 14.2. The van der Waals surface area contributed by atoms with Crippen molar-refractivity contribution >= 4 is 0 Å². The summed E-state index contributed by atoms with van der Waals surface area (Å²) in [6.45, 7) is 15.1. The Labute approximate surface area is 122 Å². The van der Waals surface area contributed by atoms with Gasteiger partial charge in [0.05, 0.1) is 0 Å². The van der Waals surface area contributed by atoms with Gasteiger partial charge in [-0.2, -0.15) is 0 Å². The van der Waals surface area contributed by atoms with E-state index in [2.05, 4.69) is 25.7 Å². The molecule has 114 valence electrons. The predicted octanol–water partition coefficient (Wildman–Crippen LogP) is 5.35. The van der Waals surface area contributed by atoms with Crippen molar-refractivity contribution in [2.75, 3.05) is 19.6 Å². The van der Waals surface area contributed by atoms with Gasteiger partial charge in [-0.25, -0.2) is 0 Å². The Morgan fingerprint density at radius 3 is 2.16 bits per heavy atom. The molecule has 0 bridgehead atoms. The largest absolute Gasteiger partial charge is 0.303 e. The third-order valence-corrected chi connectivity index (χ3v) is 5.05. The third-order valence-electron chi connectivity index (χ3n) is 5.05. The fraction of sp³-hybridized carbons (Fsp3) is 1.00. The van der Waals surface area contributed by atoms with Gasteiger partial charge in [-0.15, -0.1) is 0 Å². The van der Waals surface area contributed by atoms with Gasteiger partial charge in [0, 0.05) is 0 Å². The molecule has 0 radical (unpaired) electrons. The smallest absolute Gasteiger partial charge is 0.00134 e. The fourth-order valence-corrected chi connectivity index (χ4v) is 3.91. The highest BCUT2D eigenvalue weighted by Gasteiger charge is 2.44. The Hall–Kier alpha value is -0.0400. The minimum absolute atomic E-state index is 0.798.